The van der Waals surface area contributed by atoms with Crippen LogP contribution in [0.15, 0.2) is 24.4 Å². The van der Waals surface area contributed by atoms with E-state index in [9.17, 15) is 0 Å². The Morgan fingerprint density at radius 2 is 2.18 bits per heavy atom. The third-order valence-corrected chi connectivity index (χ3v) is 4.69. The number of thioether (sulfide) groups is 1. The van der Waals surface area contributed by atoms with Gasteiger partial charge >= 0.3 is 0 Å². The molecule has 0 aromatic carbocycles. The molecule has 0 spiro atoms. The average molecular weight is 267 g/mol. The summed E-state index contributed by atoms with van der Waals surface area (Å²) in [6, 6.07) is 5.86. The third-order valence-electron chi connectivity index (χ3n) is 3.33. The highest BCUT2D eigenvalue weighted by Gasteiger charge is 2.16. The van der Waals surface area contributed by atoms with Crippen LogP contribution in [0.5, 0.6) is 0 Å². The molecule has 1 saturated heterocycles. The summed E-state index contributed by atoms with van der Waals surface area (Å²) in [6.45, 7) is 0. The van der Waals surface area contributed by atoms with Gasteiger partial charge < -0.3 is 0 Å². The predicted octanol–water partition coefficient (Wildman–Crippen LogP) is 3.67. The first-order chi connectivity index (χ1) is 8.33. The fourth-order valence-corrected chi connectivity index (χ4v) is 3.78. The van der Waals surface area contributed by atoms with E-state index in [0.29, 0.717) is 0 Å². The van der Waals surface area contributed by atoms with Crippen molar-refractivity contribution in [3.63, 3.8) is 0 Å². The van der Waals surface area contributed by atoms with Crippen LogP contribution in [0.1, 0.15) is 18.5 Å². The average Bonchev–Trinajstić information content (AvgIpc) is 2.74. The van der Waals surface area contributed by atoms with Crippen LogP contribution in [0.3, 0.4) is 0 Å². The molecule has 4 heteroatoms. The van der Waals surface area contributed by atoms with Gasteiger partial charge in [0.25, 0.3) is 0 Å². The third kappa shape index (κ3) is 2.45. The van der Waals surface area contributed by atoms with Crippen molar-refractivity contribution in [1.29, 1.82) is 0 Å². The van der Waals surface area contributed by atoms with Gasteiger partial charge in [0.1, 0.15) is 10.8 Å². The van der Waals surface area contributed by atoms with Gasteiger partial charge in [-0.05, 0) is 48.8 Å². The Balaban J connectivity index is 1.83. The zero-order valence-corrected chi connectivity index (χ0v) is 11.2. The second-order valence-corrected chi connectivity index (χ2v) is 6.18. The highest BCUT2D eigenvalue weighted by molar-refractivity contribution is 7.99. The molecule has 1 aliphatic heterocycles. The second-order valence-electron chi connectivity index (χ2n) is 4.57. The normalized spacial score (nSPS) is 17.7. The number of imidazole rings is 1. The summed E-state index contributed by atoms with van der Waals surface area (Å²) in [6.07, 6.45) is 5.83. The van der Waals surface area contributed by atoms with E-state index in [1.807, 2.05) is 22.6 Å². The number of halogens is 1. The van der Waals surface area contributed by atoms with Crippen molar-refractivity contribution in [2.24, 2.45) is 5.92 Å². The largest absolute Gasteiger partial charge is 0.290 e. The summed E-state index contributed by atoms with van der Waals surface area (Å²) >= 11 is 8.20. The maximum atomic E-state index is 6.13. The highest BCUT2D eigenvalue weighted by atomic mass is 35.5. The van der Waals surface area contributed by atoms with E-state index in [1.165, 1.54) is 30.0 Å². The topological polar surface area (TPSA) is 17.3 Å². The Morgan fingerprint density at radius 3 is 2.94 bits per heavy atom. The van der Waals surface area contributed by atoms with Crippen LogP contribution in [0.4, 0.5) is 0 Å². The van der Waals surface area contributed by atoms with Gasteiger partial charge in [0.05, 0.1) is 5.69 Å². The van der Waals surface area contributed by atoms with E-state index in [1.54, 1.807) is 0 Å². The van der Waals surface area contributed by atoms with Gasteiger partial charge in [0, 0.05) is 6.20 Å². The van der Waals surface area contributed by atoms with Crippen LogP contribution in [0.2, 0.25) is 5.15 Å². The van der Waals surface area contributed by atoms with Gasteiger partial charge in [0.15, 0.2) is 0 Å². The second kappa shape index (κ2) is 4.91. The van der Waals surface area contributed by atoms with E-state index < -0.39 is 0 Å². The van der Waals surface area contributed by atoms with E-state index in [2.05, 4.69) is 22.9 Å². The molecule has 2 aromatic heterocycles. The smallest absolute Gasteiger partial charge is 0.138 e. The Morgan fingerprint density at radius 1 is 1.35 bits per heavy atom. The summed E-state index contributed by atoms with van der Waals surface area (Å²) in [4.78, 5) is 4.64. The first-order valence-electron chi connectivity index (χ1n) is 6.03. The lowest BCUT2D eigenvalue weighted by Gasteiger charge is -2.19. The Hall–Kier alpha value is -0.670. The molecule has 3 rings (SSSR count). The lowest BCUT2D eigenvalue weighted by atomic mass is 9.97. The van der Waals surface area contributed by atoms with E-state index >= 15 is 0 Å². The minimum Gasteiger partial charge on any atom is -0.290 e. The maximum Gasteiger partial charge on any atom is 0.138 e. The number of aromatic nitrogens is 2. The highest BCUT2D eigenvalue weighted by Crippen LogP contribution is 2.26. The summed E-state index contributed by atoms with van der Waals surface area (Å²) < 4.78 is 1.97. The molecule has 90 valence electrons. The van der Waals surface area contributed by atoms with Crippen molar-refractivity contribution in [2.75, 3.05) is 11.5 Å². The molecule has 0 amide bonds. The van der Waals surface area contributed by atoms with Crippen molar-refractivity contribution in [2.45, 2.75) is 19.3 Å². The number of fused-ring (bicyclic) bond motifs is 1. The van der Waals surface area contributed by atoms with E-state index in [-0.39, 0.29) is 0 Å². The molecule has 0 saturated carbocycles. The predicted molar refractivity (Wildman–Crippen MR) is 74.0 cm³/mol. The summed E-state index contributed by atoms with van der Waals surface area (Å²) in [5.74, 6) is 3.41. The van der Waals surface area contributed by atoms with Crippen LogP contribution in [-0.4, -0.2) is 20.9 Å². The van der Waals surface area contributed by atoms with Crippen molar-refractivity contribution in [1.82, 2.24) is 9.38 Å². The van der Waals surface area contributed by atoms with Crippen LogP contribution >= 0.6 is 23.4 Å². The molecule has 0 bridgehead atoms. The number of nitrogens with zero attached hydrogens (tertiary/aromatic N) is 2. The summed E-state index contributed by atoms with van der Waals surface area (Å²) in [5.41, 5.74) is 2.13. The van der Waals surface area contributed by atoms with Gasteiger partial charge in [-0.1, -0.05) is 17.7 Å². The zero-order chi connectivity index (χ0) is 11.7. The van der Waals surface area contributed by atoms with Crippen LogP contribution < -0.4 is 0 Å². The Kier molecular flexibility index (Phi) is 3.30. The molecular weight excluding hydrogens is 252 g/mol. The van der Waals surface area contributed by atoms with Crippen molar-refractivity contribution < 1.29 is 0 Å². The molecular formula is C13H15ClN2S. The zero-order valence-electron chi connectivity index (χ0n) is 9.60. The van der Waals surface area contributed by atoms with E-state index in [0.717, 1.165) is 23.1 Å². The van der Waals surface area contributed by atoms with Crippen LogP contribution in [0.25, 0.3) is 5.65 Å². The molecule has 2 aromatic rings. The number of pyridine rings is 1. The molecule has 0 aliphatic carbocycles. The summed E-state index contributed by atoms with van der Waals surface area (Å²) in [7, 11) is 0. The van der Waals surface area contributed by atoms with Gasteiger partial charge in [-0.25, -0.2) is 4.98 Å². The molecule has 2 nitrogen and oxygen atoms in total. The monoisotopic (exact) mass is 266 g/mol. The fourth-order valence-electron chi connectivity index (χ4n) is 2.37. The lowest BCUT2D eigenvalue weighted by molar-refractivity contribution is 0.483. The molecule has 0 atom stereocenters. The van der Waals surface area contributed by atoms with Gasteiger partial charge in [-0.15, -0.1) is 0 Å². The lowest BCUT2D eigenvalue weighted by Crippen LogP contribution is -2.12. The molecule has 17 heavy (non-hydrogen) atoms. The quantitative estimate of drug-likeness (QED) is 0.772. The van der Waals surface area contributed by atoms with Gasteiger partial charge in [-0.3, -0.25) is 4.40 Å². The molecule has 0 unspecified atom stereocenters. The summed E-state index contributed by atoms with van der Waals surface area (Å²) in [5, 5.41) is 0.737. The van der Waals surface area contributed by atoms with Gasteiger partial charge in [0.2, 0.25) is 0 Å². The molecule has 1 fully saturated rings. The van der Waals surface area contributed by atoms with Crippen LogP contribution in [-0.2, 0) is 6.42 Å². The minimum atomic E-state index is 0.737. The standard InChI is InChI=1S/C13H15ClN2S/c14-12-2-1-3-13-15-11(9-16(12)13)8-10-4-6-17-7-5-10/h1-3,9-10H,4-8H2. The number of hydrogen-bond acceptors (Lipinski definition) is 2. The Bertz CT molecular complexity index is 517. The SMILES string of the molecule is Clc1cccc2nc(CC3CCSCC3)cn12. The molecule has 3 heterocycles. The Labute approximate surface area is 110 Å². The molecule has 1 aliphatic rings. The number of hydrogen-bond donors (Lipinski definition) is 0. The molecule has 0 N–H and O–H groups in total. The van der Waals surface area contributed by atoms with Gasteiger partial charge in [-0.2, -0.15) is 11.8 Å². The fraction of sp³-hybridized carbons (Fsp3) is 0.462. The maximum absolute atomic E-state index is 6.13. The van der Waals surface area contributed by atoms with Crippen LogP contribution in [0, 0.1) is 5.92 Å². The molecule has 0 radical (unpaired) electrons. The minimum absolute atomic E-state index is 0.737. The number of rotatable bonds is 2. The van der Waals surface area contributed by atoms with Crippen molar-refractivity contribution >= 4 is 29.0 Å². The first-order valence-corrected chi connectivity index (χ1v) is 7.56. The first kappa shape index (κ1) is 11.4. The van der Waals surface area contributed by atoms with Crippen molar-refractivity contribution in [3.8, 4) is 0 Å². The van der Waals surface area contributed by atoms with Crippen molar-refractivity contribution in [3.05, 3.63) is 35.2 Å². The van der Waals surface area contributed by atoms with E-state index in [4.69, 9.17) is 11.6 Å².